The molecule has 2 amide bonds. The van der Waals surface area contributed by atoms with Gasteiger partial charge in [-0.05, 0) is 62.0 Å². The highest BCUT2D eigenvalue weighted by Gasteiger charge is 2.47. The highest BCUT2D eigenvalue weighted by molar-refractivity contribution is 5.99. The van der Waals surface area contributed by atoms with E-state index >= 15 is 0 Å². The van der Waals surface area contributed by atoms with Crippen LogP contribution in [0.15, 0.2) is 66.7 Å². The number of likely N-dealkylation sites (N-methyl/N-ethyl adjacent to an activating group) is 1. The Balaban J connectivity index is 1.61. The lowest BCUT2D eigenvalue weighted by Gasteiger charge is -2.49. The molecular formula is C31H34FN3O4. The second-order valence-corrected chi connectivity index (χ2v) is 10.9. The number of phenolic OH excluding ortho intramolecular Hbond substituents is 2. The van der Waals surface area contributed by atoms with Gasteiger partial charge in [0.25, 0.3) is 0 Å². The minimum atomic E-state index is -0.736. The van der Waals surface area contributed by atoms with Crippen LogP contribution in [0.2, 0.25) is 0 Å². The van der Waals surface area contributed by atoms with Crippen LogP contribution >= 0.6 is 0 Å². The number of phenols is 2. The molecule has 5 rings (SSSR count). The molecule has 204 valence electrons. The minimum Gasteiger partial charge on any atom is -0.508 e. The van der Waals surface area contributed by atoms with Gasteiger partial charge in [-0.25, -0.2) is 9.18 Å². The molecule has 0 unspecified atom stereocenters. The fourth-order valence-corrected chi connectivity index (χ4v) is 5.98. The zero-order valence-electron chi connectivity index (χ0n) is 22.4. The van der Waals surface area contributed by atoms with E-state index in [9.17, 15) is 24.2 Å². The van der Waals surface area contributed by atoms with Gasteiger partial charge < -0.3 is 24.9 Å². The Hall–Kier alpha value is -3.91. The predicted octanol–water partition coefficient (Wildman–Crippen LogP) is 4.59. The highest BCUT2D eigenvalue weighted by atomic mass is 19.1. The normalized spacial score (nSPS) is 21.6. The van der Waals surface area contributed by atoms with E-state index in [0.29, 0.717) is 35.3 Å². The summed E-state index contributed by atoms with van der Waals surface area (Å²) >= 11 is 0. The van der Waals surface area contributed by atoms with Gasteiger partial charge in [-0.3, -0.25) is 4.79 Å². The van der Waals surface area contributed by atoms with Gasteiger partial charge in [0, 0.05) is 55.5 Å². The van der Waals surface area contributed by atoms with Crippen molar-refractivity contribution in [3.63, 3.8) is 0 Å². The minimum absolute atomic E-state index is 0.0318. The molecule has 0 bridgehead atoms. The molecule has 2 aliphatic heterocycles. The van der Waals surface area contributed by atoms with Gasteiger partial charge >= 0.3 is 6.03 Å². The number of carbonyl (C=O) groups is 2. The summed E-state index contributed by atoms with van der Waals surface area (Å²) < 4.78 is 14.9. The summed E-state index contributed by atoms with van der Waals surface area (Å²) in [5, 5.41) is 21.0. The lowest BCUT2D eigenvalue weighted by molar-refractivity contribution is 0.0489. The molecule has 8 heteroatoms. The third-order valence-electron chi connectivity index (χ3n) is 8.31. The Labute approximate surface area is 228 Å². The number of hydrogen-bond acceptors (Lipinski definition) is 5. The molecule has 0 spiro atoms. The van der Waals surface area contributed by atoms with Crippen molar-refractivity contribution in [2.75, 3.05) is 40.3 Å². The number of halogens is 1. The Morgan fingerprint density at radius 1 is 0.872 bits per heavy atom. The summed E-state index contributed by atoms with van der Waals surface area (Å²) in [4.78, 5) is 33.4. The van der Waals surface area contributed by atoms with Crippen molar-refractivity contribution in [1.29, 1.82) is 0 Å². The van der Waals surface area contributed by atoms with Crippen LogP contribution in [0.25, 0.3) is 0 Å². The second kappa shape index (κ2) is 10.7. The number of para-hydroxylation sites is 1. The van der Waals surface area contributed by atoms with E-state index in [0.717, 1.165) is 0 Å². The molecule has 7 nitrogen and oxygen atoms in total. The number of amides is 2. The van der Waals surface area contributed by atoms with E-state index in [1.807, 2.05) is 26.2 Å². The van der Waals surface area contributed by atoms with E-state index in [2.05, 4.69) is 4.90 Å². The molecule has 39 heavy (non-hydrogen) atoms. The van der Waals surface area contributed by atoms with E-state index in [-0.39, 0.29) is 48.3 Å². The van der Waals surface area contributed by atoms with Crippen LogP contribution in [-0.2, 0) is 0 Å². The number of piperidine rings is 1. The molecular weight excluding hydrogens is 497 g/mol. The van der Waals surface area contributed by atoms with E-state index in [1.54, 1.807) is 53.1 Å². The first-order valence-electron chi connectivity index (χ1n) is 13.2. The number of carbonyl (C=O) groups excluding carboxylic acids is 2. The standard InChI is InChI=1S/C31H34FN3O4/c1-19-23(11-7-12-27(19)32)29-25(24-10-4-5-13-28(24)37)17-35(31(39)34-15-21(16-34)33(2)3)18-26(29)30(38)20-8-6-9-22(36)14-20/h4-14,21,25-26,29,36-37H,15-18H2,1-3H3/t25-,26+,29-/m1/s1. The number of likely N-dealkylation sites (tertiary alicyclic amines) is 2. The zero-order valence-corrected chi connectivity index (χ0v) is 22.4. The lowest BCUT2D eigenvalue weighted by Crippen LogP contribution is -2.63. The van der Waals surface area contributed by atoms with Crippen LogP contribution in [0.3, 0.4) is 0 Å². The Bertz CT molecular complexity index is 1390. The summed E-state index contributed by atoms with van der Waals surface area (Å²) in [5.74, 6) is -2.30. The molecule has 0 aromatic heterocycles. The van der Waals surface area contributed by atoms with Crippen molar-refractivity contribution in [1.82, 2.24) is 14.7 Å². The number of aromatic hydroxyl groups is 2. The molecule has 0 radical (unpaired) electrons. The number of hydrogen-bond donors (Lipinski definition) is 2. The SMILES string of the molecule is Cc1c(F)cccc1[C@H]1[C@@H](C(=O)c2cccc(O)c2)CN(C(=O)N2CC(N(C)C)C2)C[C@@H]1c1ccccc1O. The largest absolute Gasteiger partial charge is 0.508 e. The maximum absolute atomic E-state index is 14.9. The first-order valence-corrected chi connectivity index (χ1v) is 13.2. The molecule has 0 aliphatic carbocycles. The maximum atomic E-state index is 14.9. The molecule has 3 aromatic carbocycles. The Morgan fingerprint density at radius 3 is 2.23 bits per heavy atom. The number of benzene rings is 3. The number of urea groups is 1. The molecule has 2 N–H and O–H groups in total. The molecule has 2 saturated heterocycles. The average molecular weight is 532 g/mol. The van der Waals surface area contributed by atoms with Gasteiger partial charge in [-0.15, -0.1) is 0 Å². The van der Waals surface area contributed by atoms with Crippen molar-refractivity contribution in [2.24, 2.45) is 5.92 Å². The van der Waals surface area contributed by atoms with Crippen molar-refractivity contribution in [2.45, 2.75) is 24.8 Å². The smallest absolute Gasteiger partial charge is 0.320 e. The summed E-state index contributed by atoms with van der Waals surface area (Å²) in [5.41, 5.74) is 2.03. The van der Waals surface area contributed by atoms with E-state index in [4.69, 9.17) is 0 Å². The number of nitrogens with zero attached hydrogens (tertiary/aromatic N) is 3. The van der Waals surface area contributed by atoms with Crippen LogP contribution in [-0.4, -0.2) is 83.0 Å². The highest BCUT2D eigenvalue weighted by Crippen LogP contribution is 2.48. The molecule has 2 aliphatic rings. The van der Waals surface area contributed by atoms with Crippen LogP contribution in [0.5, 0.6) is 11.5 Å². The zero-order chi connectivity index (χ0) is 27.8. The average Bonchev–Trinajstić information content (AvgIpc) is 2.88. The number of Topliss-reactive ketones (excluding diaryl/α,β-unsaturated/α-hetero) is 1. The summed E-state index contributed by atoms with van der Waals surface area (Å²) in [6.45, 7) is 3.30. The van der Waals surface area contributed by atoms with Gasteiger partial charge in [0.2, 0.25) is 0 Å². The van der Waals surface area contributed by atoms with E-state index in [1.165, 1.54) is 18.2 Å². The fourth-order valence-electron chi connectivity index (χ4n) is 5.98. The van der Waals surface area contributed by atoms with Crippen molar-refractivity contribution in [3.05, 3.63) is 94.8 Å². The van der Waals surface area contributed by atoms with Crippen LogP contribution in [0.1, 0.15) is 38.9 Å². The lowest BCUT2D eigenvalue weighted by atomic mass is 9.67. The monoisotopic (exact) mass is 531 g/mol. The summed E-state index contributed by atoms with van der Waals surface area (Å²) in [7, 11) is 3.97. The Morgan fingerprint density at radius 2 is 1.54 bits per heavy atom. The molecule has 0 saturated carbocycles. The van der Waals surface area contributed by atoms with Crippen molar-refractivity contribution < 1.29 is 24.2 Å². The predicted molar refractivity (Wildman–Crippen MR) is 147 cm³/mol. The number of ketones is 1. The van der Waals surface area contributed by atoms with Gasteiger partial charge in [0.15, 0.2) is 5.78 Å². The maximum Gasteiger partial charge on any atom is 0.320 e. The Kier molecular flexibility index (Phi) is 7.32. The van der Waals surface area contributed by atoms with Crippen LogP contribution < -0.4 is 0 Å². The fraction of sp³-hybridized carbons (Fsp3) is 0.355. The molecule has 2 heterocycles. The van der Waals surface area contributed by atoms with Gasteiger partial charge in [0.1, 0.15) is 17.3 Å². The molecule has 3 atom stereocenters. The molecule has 2 fully saturated rings. The topological polar surface area (TPSA) is 84.3 Å². The van der Waals surface area contributed by atoms with Gasteiger partial charge in [-0.1, -0.05) is 42.5 Å². The third kappa shape index (κ3) is 5.08. The van der Waals surface area contributed by atoms with Crippen molar-refractivity contribution in [3.8, 4) is 11.5 Å². The van der Waals surface area contributed by atoms with Crippen molar-refractivity contribution >= 4 is 11.8 Å². The summed E-state index contributed by atoms with van der Waals surface area (Å²) in [6.07, 6.45) is 0. The first kappa shape index (κ1) is 26.7. The van der Waals surface area contributed by atoms with Gasteiger partial charge in [-0.2, -0.15) is 0 Å². The first-order chi connectivity index (χ1) is 18.7. The van der Waals surface area contributed by atoms with E-state index < -0.39 is 17.8 Å². The summed E-state index contributed by atoms with van der Waals surface area (Å²) in [6, 6.07) is 18.1. The number of rotatable bonds is 5. The second-order valence-electron chi connectivity index (χ2n) is 10.9. The quantitative estimate of drug-likeness (QED) is 0.471. The molecule has 3 aromatic rings. The third-order valence-corrected chi connectivity index (χ3v) is 8.31. The van der Waals surface area contributed by atoms with Crippen LogP contribution in [0, 0.1) is 18.7 Å². The van der Waals surface area contributed by atoms with Gasteiger partial charge in [0.05, 0.1) is 0 Å². The van der Waals surface area contributed by atoms with Crippen LogP contribution in [0.4, 0.5) is 9.18 Å².